The van der Waals surface area contributed by atoms with Crippen LogP contribution in [0.5, 0.6) is 0 Å². The minimum absolute atomic E-state index is 0.0244. The SMILES string of the molecule is CCC1(O)C(=O)OCc2c1cc1n(c2=O)Cc2c-1nc1cc(F)c(C)c3c1c2C(NC(=O)C(C)(C)CCO)CC3. The first-order valence-electron chi connectivity index (χ1n) is 13.7. The predicted molar refractivity (Wildman–Crippen MR) is 144 cm³/mol. The number of aliphatic hydroxyl groups excluding tert-OH is 1. The molecule has 0 radical (unpaired) electrons. The lowest BCUT2D eigenvalue weighted by Crippen LogP contribution is -2.44. The number of hydrogen-bond acceptors (Lipinski definition) is 7. The average molecular weight is 550 g/mol. The maximum Gasteiger partial charge on any atom is 0.343 e. The summed E-state index contributed by atoms with van der Waals surface area (Å²) in [5.74, 6) is -1.39. The van der Waals surface area contributed by atoms with Crippen LogP contribution in [0.1, 0.15) is 79.5 Å². The fourth-order valence-corrected chi connectivity index (χ4v) is 6.45. The standard InChI is InChI=1S/C30H32FN3O6/c1-5-30(39)18-10-22-25-16(12-34(22)26(36)17(18)13-40-28(30)38)24-20(33-27(37)29(3,4)8-9-35)7-6-15-14(2)19(31)11-21(32-25)23(15)24/h10-11,20,35,39H,5-9,12-13H2,1-4H3,(H,33,37). The van der Waals surface area contributed by atoms with Crippen molar-refractivity contribution in [1.82, 2.24) is 14.9 Å². The smallest absolute Gasteiger partial charge is 0.343 e. The second-order valence-electron chi connectivity index (χ2n) is 11.7. The van der Waals surface area contributed by atoms with Crippen molar-refractivity contribution in [2.75, 3.05) is 6.61 Å². The Balaban J connectivity index is 1.60. The quantitative estimate of drug-likeness (QED) is 0.326. The highest BCUT2D eigenvalue weighted by atomic mass is 19.1. The number of aliphatic hydroxyl groups is 2. The van der Waals surface area contributed by atoms with Crippen molar-refractivity contribution in [3.05, 3.63) is 61.7 Å². The average Bonchev–Trinajstić information content (AvgIpc) is 3.28. The lowest BCUT2D eigenvalue weighted by atomic mass is 9.80. The van der Waals surface area contributed by atoms with Crippen LogP contribution in [0.3, 0.4) is 0 Å². The van der Waals surface area contributed by atoms with Crippen molar-refractivity contribution in [3.8, 4) is 11.4 Å². The Labute approximate surface area is 230 Å². The van der Waals surface area contributed by atoms with E-state index in [4.69, 9.17) is 9.72 Å². The zero-order valence-corrected chi connectivity index (χ0v) is 23.0. The molecule has 210 valence electrons. The molecule has 0 saturated carbocycles. The molecular weight excluding hydrogens is 517 g/mol. The largest absolute Gasteiger partial charge is 0.458 e. The summed E-state index contributed by atoms with van der Waals surface area (Å²) < 4.78 is 21.8. The van der Waals surface area contributed by atoms with Crippen LogP contribution < -0.4 is 10.9 Å². The summed E-state index contributed by atoms with van der Waals surface area (Å²) in [6, 6.07) is 2.60. The number of aryl methyl sites for hydroxylation is 1. The number of esters is 1. The monoisotopic (exact) mass is 549 g/mol. The van der Waals surface area contributed by atoms with Crippen molar-refractivity contribution in [2.24, 2.45) is 5.41 Å². The topological polar surface area (TPSA) is 131 Å². The highest BCUT2D eigenvalue weighted by Crippen LogP contribution is 2.46. The van der Waals surface area contributed by atoms with E-state index in [0.29, 0.717) is 41.7 Å². The van der Waals surface area contributed by atoms with Gasteiger partial charge in [-0.2, -0.15) is 0 Å². The molecule has 1 aromatic carbocycles. The Hall–Kier alpha value is -3.63. The second kappa shape index (κ2) is 8.94. The van der Waals surface area contributed by atoms with Crippen LogP contribution in [0, 0.1) is 18.2 Å². The molecule has 4 heterocycles. The van der Waals surface area contributed by atoms with E-state index in [1.165, 1.54) is 6.07 Å². The Kier molecular flexibility index (Phi) is 5.94. The van der Waals surface area contributed by atoms with Gasteiger partial charge in [-0.15, -0.1) is 0 Å². The Morgan fingerprint density at radius 2 is 2.02 bits per heavy atom. The van der Waals surface area contributed by atoms with E-state index in [0.717, 1.165) is 22.1 Å². The minimum Gasteiger partial charge on any atom is -0.458 e. The molecule has 0 saturated heterocycles. The van der Waals surface area contributed by atoms with Gasteiger partial charge in [0.1, 0.15) is 12.4 Å². The number of fused-ring (bicyclic) bond motifs is 5. The first-order valence-corrected chi connectivity index (χ1v) is 13.7. The number of amides is 1. The van der Waals surface area contributed by atoms with Crippen LogP contribution in [-0.4, -0.2) is 38.2 Å². The third kappa shape index (κ3) is 3.58. The molecule has 1 amide bonds. The van der Waals surface area contributed by atoms with E-state index in [-0.39, 0.29) is 54.6 Å². The number of carbonyl (C=O) groups excluding carboxylic acids is 2. The number of hydrogen-bond donors (Lipinski definition) is 3. The van der Waals surface area contributed by atoms with Gasteiger partial charge in [0.25, 0.3) is 5.56 Å². The van der Waals surface area contributed by atoms with Gasteiger partial charge in [-0.05, 0) is 55.4 Å². The molecule has 3 N–H and O–H groups in total. The van der Waals surface area contributed by atoms with Crippen molar-refractivity contribution in [1.29, 1.82) is 0 Å². The van der Waals surface area contributed by atoms with Crippen molar-refractivity contribution >= 4 is 22.8 Å². The van der Waals surface area contributed by atoms with Gasteiger partial charge in [-0.3, -0.25) is 9.59 Å². The fraction of sp³-hybridized carbons (Fsp3) is 0.467. The molecule has 2 atom stereocenters. The van der Waals surface area contributed by atoms with Gasteiger partial charge < -0.3 is 24.8 Å². The van der Waals surface area contributed by atoms with Gasteiger partial charge in [-0.25, -0.2) is 14.2 Å². The number of aromatic nitrogens is 2. The lowest BCUT2D eigenvalue weighted by Gasteiger charge is -2.32. The number of pyridine rings is 2. The van der Waals surface area contributed by atoms with E-state index >= 15 is 4.39 Å². The molecule has 2 aromatic heterocycles. The van der Waals surface area contributed by atoms with E-state index in [9.17, 15) is 24.6 Å². The molecule has 9 nitrogen and oxygen atoms in total. The van der Waals surface area contributed by atoms with E-state index in [1.807, 2.05) is 0 Å². The summed E-state index contributed by atoms with van der Waals surface area (Å²) in [6.45, 7) is 6.75. The van der Waals surface area contributed by atoms with Crippen LogP contribution in [0.25, 0.3) is 22.3 Å². The number of nitrogens with zero attached hydrogens (tertiary/aromatic N) is 2. The minimum atomic E-state index is -1.96. The molecule has 2 unspecified atom stereocenters. The number of nitrogens with one attached hydrogen (secondary N) is 1. The highest BCUT2D eigenvalue weighted by molar-refractivity contribution is 5.94. The van der Waals surface area contributed by atoms with E-state index < -0.39 is 23.0 Å². The van der Waals surface area contributed by atoms with Gasteiger partial charge in [0.15, 0.2) is 5.60 Å². The molecule has 1 aliphatic carbocycles. The van der Waals surface area contributed by atoms with Crippen LogP contribution in [0.15, 0.2) is 16.9 Å². The molecule has 3 aromatic rings. The normalized spacial score (nSPS) is 21.1. The van der Waals surface area contributed by atoms with Crippen molar-refractivity contribution in [2.45, 2.75) is 78.2 Å². The van der Waals surface area contributed by atoms with Crippen molar-refractivity contribution in [3.63, 3.8) is 0 Å². The zero-order valence-electron chi connectivity index (χ0n) is 23.0. The Morgan fingerprint density at radius 1 is 1.27 bits per heavy atom. The zero-order chi connectivity index (χ0) is 28.7. The third-order valence-electron chi connectivity index (χ3n) is 9.03. The first kappa shape index (κ1) is 26.6. The lowest BCUT2D eigenvalue weighted by molar-refractivity contribution is -0.172. The summed E-state index contributed by atoms with van der Waals surface area (Å²) >= 11 is 0. The summed E-state index contributed by atoms with van der Waals surface area (Å²) in [5, 5.41) is 24.6. The van der Waals surface area contributed by atoms with Crippen LogP contribution >= 0.6 is 0 Å². The van der Waals surface area contributed by atoms with Gasteiger partial charge in [0.2, 0.25) is 5.91 Å². The molecular formula is C30H32FN3O6. The third-order valence-corrected chi connectivity index (χ3v) is 9.03. The van der Waals surface area contributed by atoms with Crippen LogP contribution in [0.2, 0.25) is 0 Å². The maximum absolute atomic E-state index is 15.1. The predicted octanol–water partition coefficient (Wildman–Crippen LogP) is 3.04. The number of halogens is 1. The van der Waals surface area contributed by atoms with Gasteiger partial charge in [0.05, 0.1) is 35.1 Å². The summed E-state index contributed by atoms with van der Waals surface area (Å²) in [4.78, 5) is 44.4. The Morgan fingerprint density at radius 3 is 2.73 bits per heavy atom. The van der Waals surface area contributed by atoms with Gasteiger partial charge in [0, 0.05) is 34.6 Å². The molecule has 10 heteroatoms. The fourth-order valence-electron chi connectivity index (χ4n) is 6.45. The molecule has 40 heavy (non-hydrogen) atoms. The molecule has 0 bridgehead atoms. The van der Waals surface area contributed by atoms with Gasteiger partial charge >= 0.3 is 5.97 Å². The summed E-state index contributed by atoms with van der Waals surface area (Å²) in [7, 11) is 0. The highest BCUT2D eigenvalue weighted by Gasteiger charge is 2.46. The number of rotatable bonds is 5. The summed E-state index contributed by atoms with van der Waals surface area (Å²) in [6.07, 6.45) is 1.40. The number of carbonyl (C=O) groups is 2. The van der Waals surface area contributed by atoms with E-state index in [2.05, 4.69) is 5.32 Å². The summed E-state index contributed by atoms with van der Waals surface area (Å²) in [5.41, 5.74) is 1.51. The number of cyclic esters (lactones) is 1. The van der Waals surface area contributed by atoms with Crippen molar-refractivity contribution < 1.29 is 28.9 Å². The van der Waals surface area contributed by atoms with Crippen LogP contribution in [0.4, 0.5) is 4.39 Å². The number of benzene rings is 1. The van der Waals surface area contributed by atoms with Gasteiger partial charge in [-0.1, -0.05) is 20.8 Å². The number of ether oxygens (including phenoxy) is 1. The van der Waals surface area contributed by atoms with Crippen LogP contribution in [-0.2, 0) is 39.5 Å². The molecule has 0 fully saturated rings. The maximum atomic E-state index is 15.1. The first-order chi connectivity index (χ1) is 18.9. The second-order valence-corrected chi connectivity index (χ2v) is 11.7. The molecule has 3 aliphatic rings. The molecule has 2 aliphatic heterocycles. The molecule has 0 spiro atoms. The van der Waals surface area contributed by atoms with E-state index in [1.54, 1.807) is 38.3 Å². The molecule has 6 rings (SSSR count). The Bertz CT molecular complexity index is 1690.